The summed E-state index contributed by atoms with van der Waals surface area (Å²) in [6, 6.07) is 9.96. The van der Waals surface area contributed by atoms with Crippen molar-refractivity contribution in [1.82, 2.24) is 4.98 Å². The summed E-state index contributed by atoms with van der Waals surface area (Å²) in [6.07, 6.45) is -3.88. The average molecular weight is 492 g/mol. The third-order valence-electron chi connectivity index (χ3n) is 5.39. The number of hydrogen-bond acceptors (Lipinski definition) is 5. The fraction of sp³-hybridized carbons (Fsp3) is 0.385. The average Bonchev–Trinajstić information content (AvgIpc) is 3.23. The molecule has 0 unspecified atom stereocenters. The first-order valence-electron chi connectivity index (χ1n) is 11.2. The van der Waals surface area contributed by atoms with Crippen molar-refractivity contribution in [2.45, 2.75) is 52.5 Å². The monoisotopic (exact) mass is 491 g/mol. The van der Waals surface area contributed by atoms with Crippen LogP contribution in [-0.2, 0) is 28.9 Å². The fourth-order valence-electron chi connectivity index (χ4n) is 3.57. The molecule has 188 valence electrons. The van der Waals surface area contributed by atoms with Crippen LogP contribution in [0.5, 0.6) is 0 Å². The first-order chi connectivity index (χ1) is 16.6. The SMILES string of the molecule is Cc1cccc(C(=O)O)c1COCCCOCc1nc(-c2cccc(C(F)(F)F)c2)oc1C(C)C. The molecule has 1 heterocycles. The smallest absolute Gasteiger partial charge is 0.416 e. The van der Waals surface area contributed by atoms with Crippen molar-refractivity contribution < 1.29 is 37.0 Å². The summed E-state index contributed by atoms with van der Waals surface area (Å²) in [4.78, 5) is 15.8. The Hall–Kier alpha value is -3.17. The Morgan fingerprint density at radius 1 is 1.09 bits per heavy atom. The molecular weight excluding hydrogens is 463 g/mol. The second kappa shape index (κ2) is 11.5. The minimum absolute atomic E-state index is 0.0264. The summed E-state index contributed by atoms with van der Waals surface area (Å²) in [5.41, 5.74) is 1.75. The lowest BCUT2D eigenvalue weighted by molar-refractivity contribution is -0.137. The van der Waals surface area contributed by atoms with E-state index in [2.05, 4.69) is 4.98 Å². The third-order valence-corrected chi connectivity index (χ3v) is 5.39. The number of ether oxygens (including phenoxy) is 2. The number of alkyl halides is 3. The summed E-state index contributed by atoms with van der Waals surface area (Å²) in [6.45, 7) is 6.73. The van der Waals surface area contributed by atoms with Gasteiger partial charge in [-0.25, -0.2) is 9.78 Å². The maximum atomic E-state index is 13.1. The predicted octanol–water partition coefficient (Wildman–Crippen LogP) is 6.61. The minimum atomic E-state index is -4.45. The van der Waals surface area contributed by atoms with Gasteiger partial charge in [0, 0.05) is 24.7 Å². The Kier molecular flexibility index (Phi) is 8.69. The number of aryl methyl sites for hydroxylation is 1. The van der Waals surface area contributed by atoms with Gasteiger partial charge in [-0.1, -0.05) is 32.0 Å². The molecule has 1 N–H and O–H groups in total. The molecule has 3 rings (SSSR count). The molecule has 0 fully saturated rings. The molecule has 0 radical (unpaired) electrons. The summed E-state index contributed by atoms with van der Waals surface area (Å²) >= 11 is 0. The predicted molar refractivity (Wildman–Crippen MR) is 123 cm³/mol. The Bertz CT molecular complexity index is 1150. The van der Waals surface area contributed by atoms with Gasteiger partial charge < -0.3 is 19.0 Å². The van der Waals surface area contributed by atoms with Crippen LogP contribution >= 0.6 is 0 Å². The van der Waals surface area contributed by atoms with Crippen LogP contribution in [-0.4, -0.2) is 29.3 Å². The molecule has 0 bridgehead atoms. The summed E-state index contributed by atoms with van der Waals surface area (Å²) < 4.78 is 56.3. The number of rotatable bonds is 11. The largest absolute Gasteiger partial charge is 0.478 e. The summed E-state index contributed by atoms with van der Waals surface area (Å²) in [7, 11) is 0. The van der Waals surface area contributed by atoms with Crippen molar-refractivity contribution in [2.75, 3.05) is 13.2 Å². The Morgan fingerprint density at radius 3 is 2.43 bits per heavy atom. The number of carboxylic acid groups (broad SMARTS) is 1. The van der Waals surface area contributed by atoms with Crippen LogP contribution in [0.4, 0.5) is 13.2 Å². The molecule has 0 saturated carbocycles. The zero-order valence-corrected chi connectivity index (χ0v) is 19.8. The van der Waals surface area contributed by atoms with E-state index in [1.54, 1.807) is 12.1 Å². The van der Waals surface area contributed by atoms with E-state index in [0.717, 1.165) is 17.7 Å². The van der Waals surface area contributed by atoms with E-state index < -0.39 is 17.7 Å². The molecule has 0 aliphatic rings. The minimum Gasteiger partial charge on any atom is -0.478 e. The molecule has 35 heavy (non-hydrogen) atoms. The van der Waals surface area contributed by atoms with Gasteiger partial charge in [0.2, 0.25) is 5.89 Å². The van der Waals surface area contributed by atoms with Crippen LogP contribution in [0.3, 0.4) is 0 Å². The second-order valence-electron chi connectivity index (χ2n) is 8.43. The van der Waals surface area contributed by atoms with E-state index in [1.807, 2.05) is 26.8 Å². The van der Waals surface area contributed by atoms with Gasteiger partial charge in [-0.2, -0.15) is 13.2 Å². The topological polar surface area (TPSA) is 81.8 Å². The first kappa shape index (κ1) is 26.4. The molecule has 0 aliphatic heterocycles. The number of aromatic nitrogens is 1. The lowest BCUT2D eigenvalue weighted by atomic mass is 10.0. The van der Waals surface area contributed by atoms with Gasteiger partial charge in [0.1, 0.15) is 11.5 Å². The van der Waals surface area contributed by atoms with Crippen molar-refractivity contribution in [3.63, 3.8) is 0 Å². The van der Waals surface area contributed by atoms with Gasteiger partial charge in [0.15, 0.2) is 0 Å². The van der Waals surface area contributed by atoms with Crippen LogP contribution < -0.4 is 0 Å². The number of carboxylic acids is 1. The van der Waals surface area contributed by atoms with Crippen molar-refractivity contribution in [3.05, 3.63) is 76.2 Å². The van der Waals surface area contributed by atoms with E-state index >= 15 is 0 Å². The van der Waals surface area contributed by atoms with Crippen molar-refractivity contribution in [3.8, 4) is 11.5 Å². The Balaban J connectivity index is 1.54. The Labute approximate surface area is 201 Å². The zero-order valence-electron chi connectivity index (χ0n) is 19.8. The molecule has 3 aromatic rings. The molecule has 0 aliphatic carbocycles. The van der Waals surface area contributed by atoms with E-state index in [-0.39, 0.29) is 36.1 Å². The maximum Gasteiger partial charge on any atom is 0.416 e. The van der Waals surface area contributed by atoms with Crippen LogP contribution in [0.2, 0.25) is 0 Å². The molecule has 9 heteroatoms. The molecule has 1 aromatic heterocycles. The van der Waals surface area contributed by atoms with E-state index in [4.69, 9.17) is 13.9 Å². The van der Waals surface area contributed by atoms with Gasteiger partial charge >= 0.3 is 12.1 Å². The second-order valence-corrected chi connectivity index (χ2v) is 8.43. The van der Waals surface area contributed by atoms with Crippen LogP contribution in [0.1, 0.15) is 64.7 Å². The standard InChI is InChI=1S/C26H28F3NO5/c1-16(2)23-22(30-24(35-23)18-8-5-9-19(13-18)26(27,28)29)15-34-12-6-11-33-14-21-17(3)7-4-10-20(21)25(31)32/h4-5,7-10,13,16H,6,11-12,14-15H2,1-3H3,(H,31,32). The van der Waals surface area contributed by atoms with Crippen LogP contribution in [0.25, 0.3) is 11.5 Å². The summed E-state index contributed by atoms with van der Waals surface area (Å²) in [5.74, 6) is -0.334. The highest BCUT2D eigenvalue weighted by Gasteiger charge is 2.31. The van der Waals surface area contributed by atoms with Crippen LogP contribution in [0.15, 0.2) is 46.9 Å². The highest BCUT2D eigenvalue weighted by atomic mass is 19.4. The maximum absolute atomic E-state index is 13.1. The van der Waals surface area contributed by atoms with E-state index in [0.29, 0.717) is 36.7 Å². The van der Waals surface area contributed by atoms with E-state index in [1.165, 1.54) is 12.1 Å². The molecule has 0 atom stereocenters. The highest BCUT2D eigenvalue weighted by Crippen LogP contribution is 2.33. The summed E-state index contributed by atoms with van der Waals surface area (Å²) in [5, 5.41) is 9.32. The van der Waals surface area contributed by atoms with Crippen molar-refractivity contribution in [1.29, 1.82) is 0 Å². The third kappa shape index (κ3) is 6.93. The van der Waals surface area contributed by atoms with Gasteiger partial charge in [0.25, 0.3) is 0 Å². The number of benzene rings is 2. The van der Waals surface area contributed by atoms with Gasteiger partial charge in [-0.15, -0.1) is 0 Å². The van der Waals surface area contributed by atoms with Gasteiger partial charge in [-0.3, -0.25) is 0 Å². The van der Waals surface area contributed by atoms with Gasteiger partial charge in [0.05, 0.1) is 24.3 Å². The highest BCUT2D eigenvalue weighted by molar-refractivity contribution is 5.89. The molecule has 0 amide bonds. The number of oxazole rings is 1. The Morgan fingerprint density at radius 2 is 1.77 bits per heavy atom. The molecular formula is C26H28F3NO5. The quantitative estimate of drug-likeness (QED) is 0.304. The molecule has 0 saturated heterocycles. The number of aromatic carboxylic acids is 1. The number of carbonyl (C=O) groups is 1. The normalized spacial score (nSPS) is 11.9. The molecule has 0 spiro atoms. The fourth-order valence-corrected chi connectivity index (χ4v) is 3.57. The van der Waals surface area contributed by atoms with Crippen LogP contribution in [0, 0.1) is 6.92 Å². The number of hydrogen-bond donors (Lipinski definition) is 1. The first-order valence-corrected chi connectivity index (χ1v) is 11.2. The van der Waals surface area contributed by atoms with E-state index in [9.17, 15) is 23.1 Å². The molecule has 6 nitrogen and oxygen atoms in total. The zero-order chi connectivity index (χ0) is 25.6. The number of halogens is 3. The van der Waals surface area contributed by atoms with Crippen molar-refractivity contribution >= 4 is 5.97 Å². The molecule has 2 aromatic carbocycles. The number of nitrogens with zero attached hydrogens (tertiary/aromatic N) is 1. The lowest BCUT2D eigenvalue weighted by Crippen LogP contribution is -2.08. The lowest BCUT2D eigenvalue weighted by Gasteiger charge is -2.10. The van der Waals surface area contributed by atoms with Crippen molar-refractivity contribution in [2.24, 2.45) is 0 Å². The van der Waals surface area contributed by atoms with Gasteiger partial charge in [-0.05, 0) is 48.7 Å².